The fourth-order valence-corrected chi connectivity index (χ4v) is 0.605. The Hall–Kier alpha value is 0.130. The number of hydrogen-bond acceptors (Lipinski definition) is 3. The molecule has 0 unspecified atom stereocenters. The second-order valence-corrected chi connectivity index (χ2v) is 2.53. The quantitative estimate of drug-likeness (QED) is 0.507. The molecule has 4 nitrogen and oxygen atoms in total. The average Bonchev–Trinajstić information content (AvgIpc) is 1.88. The fourth-order valence-electron chi connectivity index (χ4n) is 0.605. The molecule has 5 heteroatoms. The molecule has 4 N–H and O–H groups in total. The van der Waals surface area contributed by atoms with Crippen LogP contribution in [-0.2, 0) is 27.2 Å². The predicted molar refractivity (Wildman–Crippen MR) is 42.0 cm³/mol. The molecular weight excluding hydrogens is 343 g/mol. The number of hydrogen-bond donors (Lipinski definition) is 3. The van der Waals surface area contributed by atoms with E-state index in [4.69, 9.17) is 20.7 Å². The molecule has 0 rings (SSSR count). The molecule has 0 aliphatic carbocycles. The minimum Gasteiger partial charge on any atom is -0.665 e. The first-order valence-electron chi connectivity index (χ1n) is 3.32. The minimum absolute atomic E-state index is 0. The van der Waals surface area contributed by atoms with E-state index in [0.29, 0.717) is 12.4 Å². The summed E-state index contributed by atoms with van der Waals surface area (Å²) in [7, 11) is 0. The van der Waals surface area contributed by atoms with Gasteiger partial charge in [-0.1, -0.05) is 32.8 Å². The van der Waals surface area contributed by atoms with Gasteiger partial charge in [-0.2, -0.15) is 6.61 Å². The summed E-state index contributed by atoms with van der Waals surface area (Å²) in [5.41, 5.74) is 5.37. The van der Waals surface area contributed by atoms with E-state index in [9.17, 15) is 0 Å². The molecule has 0 aromatic rings. The zero-order chi connectivity index (χ0) is 9.28. The molecule has 0 amide bonds. The standard InChI is InChI=1S/C6H14NO.CHO2.Au/c1-5(2)3-6(7)4-8;2-1-3;/h4-6,8H,3,7H2,1-2H3;(H,2,3);/q2*-1;/t6-;;/m0../s1. The van der Waals surface area contributed by atoms with Crippen LogP contribution in [0.1, 0.15) is 20.3 Å². The van der Waals surface area contributed by atoms with E-state index < -0.39 is 0 Å². The molecule has 0 saturated carbocycles. The minimum atomic E-state index is -0.144. The van der Waals surface area contributed by atoms with Gasteiger partial charge < -0.3 is 20.7 Å². The van der Waals surface area contributed by atoms with E-state index in [2.05, 4.69) is 13.8 Å². The van der Waals surface area contributed by atoms with Crippen LogP contribution in [0.3, 0.4) is 0 Å². The number of nitrogens with two attached hydrogens (primary N) is 1. The topological polar surface area (TPSA) is 83.5 Å². The summed E-state index contributed by atoms with van der Waals surface area (Å²) in [6.07, 6.45) is 0.858. The summed E-state index contributed by atoms with van der Waals surface area (Å²) in [6, 6.07) is -0.144. The van der Waals surface area contributed by atoms with Gasteiger partial charge in [0.2, 0.25) is 0 Å². The smallest absolute Gasteiger partial charge is 0 e. The SMILES string of the molecule is CC(C)C[C@H](N)[CH-]O.O=[C-]O.[Au]. The Balaban J connectivity index is -0.000000177. The predicted octanol–water partition coefficient (Wildman–Crippen LogP) is 0.503. The second kappa shape index (κ2) is 13.7. The van der Waals surface area contributed by atoms with Gasteiger partial charge in [0, 0.05) is 22.4 Å². The van der Waals surface area contributed by atoms with Crippen LogP contribution in [0.2, 0.25) is 0 Å². The van der Waals surface area contributed by atoms with E-state index in [1.165, 1.54) is 0 Å². The molecule has 79 valence electrons. The van der Waals surface area contributed by atoms with Crippen LogP contribution in [0.25, 0.3) is 0 Å². The van der Waals surface area contributed by atoms with Crippen molar-refractivity contribution in [3.63, 3.8) is 0 Å². The van der Waals surface area contributed by atoms with E-state index in [1.807, 2.05) is 0 Å². The Kier molecular flexibility index (Phi) is 20.6. The maximum Gasteiger partial charge on any atom is 0 e. The number of aliphatic hydroxyl groups excluding tert-OH is 2. The molecule has 0 aromatic heterocycles. The summed E-state index contributed by atoms with van der Waals surface area (Å²) >= 11 is 0. The normalized spacial score (nSPS) is 10.8. The van der Waals surface area contributed by atoms with Crippen LogP contribution in [-0.4, -0.2) is 22.7 Å². The maximum atomic E-state index is 8.33. The van der Waals surface area contributed by atoms with Gasteiger partial charge in [0.15, 0.2) is 0 Å². The van der Waals surface area contributed by atoms with Crippen molar-refractivity contribution in [1.29, 1.82) is 0 Å². The summed E-state index contributed by atoms with van der Waals surface area (Å²) < 4.78 is 0. The van der Waals surface area contributed by atoms with Crippen LogP contribution >= 0.6 is 0 Å². The molecule has 0 spiro atoms. The molecule has 12 heavy (non-hydrogen) atoms. The van der Waals surface area contributed by atoms with Gasteiger partial charge in [-0.25, -0.2) is 0 Å². The molecule has 0 aliphatic heterocycles. The van der Waals surface area contributed by atoms with E-state index in [1.54, 1.807) is 0 Å². The van der Waals surface area contributed by atoms with Gasteiger partial charge in [-0.05, 0) is 5.92 Å². The van der Waals surface area contributed by atoms with E-state index in [-0.39, 0.29) is 28.4 Å². The van der Waals surface area contributed by atoms with Gasteiger partial charge in [0.25, 0.3) is 0 Å². The van der Waals surface area contributed by atoms with Crippen LogP contribution in [0.5, 0.6) is 0 Å². The van der Waals surface area contributed by atoms with Gasteiger partial charge >= 0.3 is 0 Å². The van der Waals surface area contributed by atoms with Crippen molar-refractivity contribution in [3.05, 3.63) is 6.61 Å². The Labute approximate surface area is 88.7 Å². The third-order valence-corrected chi connectivity index (χ3v) is 0.935. The molecule has 0 heterocycles. The first-order chi connectivity index (χ1) is 5.08. The second-order valence-electron chi connectivity index (χ2n) is 2.53. The summed E-state index contributed by atoms with van der Waals surface area (Å²) in [6.45, 7) is 5.69. The molecule has 1 atom stereocenters. The van der Waals surface area contributed by atoms with Crippen molar-refractivity contribution >= 4 is 6.47 Å². The zero-order valence-electron chi connectivity index (χ0n) is 7.12. The Bertz CT molecular complexity index is 90.7. The van der Waals surface area contributed by atoms with Gasteiger partial charge in [-0.15, -0.1) is 0 Å². The summed E-state index contributed by atoms with van der Waals surface area (Å²) in [4.78, 5) is 8.24. The summed E-state index contributed by atoms with van der Waals surface area (Å²) in [5.74, 6) is 0.563. The Morgan fingerprint density at radius 3 is 2.00 bits per heavy atom. The van der Waals surface area contributed by atoms with Crippen LogP contribution < -0.4 is 5.73 Å². The Morgan fingerprint density at radius 1 is 1.58 bits per heavy atom. The Morgan fingerprint density at radius 2 is 1.92 bits per heavy atom. The monoisotopic (exact) mass is 358 g/mol. The molecular formula is C7H15AuNO3-2. The largest absolute Gasteiger partial charge is 0.665 e. The van der Waals surface area contributed by atoms with Gasteiger partial charge in [-0.3, -0.25) is 0 Å². The van der Waals surface area contributed by atoms with Crippen LogP contribution in [0.15, 0.2) is 0 Å². The molecule has 1 radical (unpaired) electrons. The summed E-state index contributed by atoms with van der Waals surface area (Å²) in [5, 5.41) is 15.1. The third-order valence-electron chi connectivity index (χ3n) is 0.935. The fraction of sp³-hybridized carbons (Fsp3) is 0.714. The van der Waals surface area contributed by atoms with E-state index in [0.717, 1.165) is 13.0 Å². The average molecular weight is 358 g/mol. The van der Waals surface area contributed by atoms with Crippen molar-refractivity contribution in [2.75, 3.05) is 0 Å². The number of aliphatic hydroxyl groups is 1. The van der Waals surface area contributed by atoms with Crippen molar-refractivity contribution in [1.82, 2.24) is 0 Å². The zero-order valence-corrected chi connectivity index (χ0v) is 9.29. The first-order valence-corrected chi connectivity index (χ1v) is 3.32. The molecule has 0 fully saturated rings. The molecule has 0 aliphatic rings. The molecule has 0 bridgehead atoms. The van der Waals surface area contributed by atoms with Crippen LogP contribution in [0, 0.1) is 12.5 Å². The van der Waals surface area contributed by atoms with Crippen molar-refractivity contribution in [2.45, 2.75) is 26.3 Å². The maximum absolute atomic E-state index is 8.33. The van der Waals surface area contributed by atoms with Crippen molar-refractivity contribution < 1.29 is 37.4 Å². The number of rotatable bonds is 3. The molecule has 0 aromatic carbocycles. The first kappa shape index (κ1) is 18.0. The van der Waals surface area contributed by atoms with E-state index >= 15 is 0 Å². The third kappa shape index (κ3) is 22.5. The van der Waals surface area contributed by atoms with Gasteiger partial charge in [0.05, 0.1) is 0 Å². The van der Waals surface area contributed by atoms with Crippen LogP contribution in [0.4, 0.5) is 0 Å². The molecule has 0 saturated heterocycles. The van der Waals surface area contributed by atoms with Crippen molar-refractivity contribution in [3.8, 4) is 0 Å². The van der Waals surface area contributed by atoms with Gasteiger partial charge in [0.1, 0.15) is 0 Å². The van der Waals surface area contributed by atoms with Crippen molar-refractivity contribution in [2.24, 2.45) is 11.7 Å².